The number of nitrogens with zero attached hydrogens (tertiary/aromatic N) is 1. The summed E-state index contributed by atoms with van der Waals surface area (Å²) in [6, 6.07) is 15.0. The van der Waals surface area contributed by atoms with E-state index in [9.17, 15) is 9.59 Å². The second-order valence-corrected chi connectivity index (χ2v) is 7.25. The molecule has 0 spiro atoms. The maximum Gasteiger partial charge on any atom is 0.229 e. The standard InChI is InChI=1S/C21H22N2O3S/c1-3-11-27-19-10-5-4-9-18(19)22-21(25)15-12-20(24)23(14-15)16-7-6-8-17(13-16)26-2/h3-10,13,15H,1,11-12,14H2,2H3,(H,22,25). The molecule has 0 aliphatic carbocycles. The number of hydrogen-bond donors (Lipinski definition) is 1. The molecule has 140 valence electrons. The fourth-order valence-electron chi connectivity index (χ4n) is 2.99. The summed E-state index contributed by atoms with van der Waals surface area (Å²) in [5, 5.41) is 2.98. The lowest BCUT2D eigenvalue weighted by Crippen LogP contribution is -2.28. The number of anilines is 2. The number of rotatable bonds is 7. The van der Waals surface area contributed by atoms with E-state index < -0.39 is 0 Å². The molecular formula is C21H22N2O3S. The molecule has 0 saturated carbocycles. The maximum absolute atomic E-state index is 12.7. The third-order valence-electron chi connectivity index (χ3n) is 4.36. The predicted molar refractivity (Wildman–Crippen MR) is 109 cm³/mol. The van der Waals surface area contributed by atoms with Crippen LogP contribution in [-0.4, -0.2) is 31.2 Å². The molecule has 0 bridgehead atoms. The topological polar surface area (TPSA) is 58.6 Å². The van der Waals surface area contributed by atoms with Crippen molar-refractivity contribution in [3.63, 3.8) is 0 Å². The van der Waals surface area contributed by atoms with Gasteiger partial charge in [-0.1, -0.05) is 24.3 Å². The first-order valence-corrected chi connectivity index (χ1v) is 9.69. The van der Waals surface area contributed by atoms with Gasteiger partial charge in [0.2, 0.25) is 11.8 Å². The molecule has 27 heavy (non-hydrogen) atoms. The average molecular weight is 382 g/mol. The lowest BCUT2D eigenvalue weighted by atomic mass is 10.1. The van der Waals surface area contributed by atoms with E-state index in [4.69, 9.17) is 4.74 Å². The molecule has 1 N–H and O–H groups in total. The lowest BCUT2D eigenvalue weighted by molar-refractivity contribution is -0.122. The fourth-order valence-corrected chi connectivity index (χ4v) is 3.74. The van der Waals surface area contributed by atoms with Crippen molar-refractivity contribution in [2.45, 2.75) is 11.3 Å². The van der Waals surface area contributed by atoms with Gasteiger partial charge in [-0.3, -0.25) is 9.59 Å². The number of ether oxygens (including phenoxy) is 1. The Hall–Kier alpha value is -2.73. The Balaban J connectivity index is 1.70. The van der Waals surface area contributed by atoms with Crippen LogP contribution in [0.4, 0.5) is 11.4 Å². The summed E-state index contributed by atoms with van der Waals surface area (Å²) in [6.45, 7) is 4.09. The molecule has 1 aliphatic heterocycles. The van der Waals surface area contributed by atoms with E-state index in [1.807, 2.05) is 48.5 Å². The molecule has 1 atom stereocenters. The summed E-state index contributed by atoms with van der Waals surface area (Å²) >= 11 is 1.61. The number of carbonyl (C=O) groups excluding carboxylic acids is 2. The highest BCUT2D eigenvalue weighted by molar-refractivity contribution is 7.99. The van der Waals surface area contributed by atoms with Crippen LogP contribution in [0.3, 0.4) is 0 Å². The van der Waals surface area contributed by atoms with Crippen molar-refractivity contribution in [1.82, 2.24) is 0 Å². The molecule has 1 fully saturated rings. The molecular weight excluding hydrogens is 360 g/mol. The van der Waals surface area contributed by atoms with Crippen LogP contribution >= 0.6 is 11.8 Å². The Bertz CT molecular complexity index is 853. The number of nitrogens with one attached hydrogen (secondary N) is 1. The Kier molecular flexibility index (Phi) is 6.19. The van der Waals surface area contributed by atoms with Crippen molar-refractivity contribution in [3.8, 4) is 5.75 Å². The van der Waals surface area contributed by atoms with Gasteiger partial charge in [-0.25, -0.2) is 0 Å². The Morgan fingerprint density at radius 3 is 2.93 bits per heavy atom. The van der Waals surface area contributed by atoms with Gasteiger partial charge in [0, 0.05) is 35.4 Å². The monoisotopic (exact) mass is 382 g/mol. The van der Waals surface area contributed by atoms with Gasteiger partial charge in [0.25, 0.3) is 0 Å². The largest absolute Gasteiger partial charge is 0.497 e. The molecule has 1 heterocycles. The van der Waals surface area contributed by atoms with Gasteiger partial charge in [0.05, 0.1) is 18.7 Å². The summed E-state index contributed by atoms with van der Waals surface area (Å²) in [4.78, 5) is 27.8. The highest BCUT2D eigenvalue weighted by Gasteiger charge is 2.35. The molecule has 1 saturated heterocycles. The van der Waals surface area contributed by atoms with Crippen molar-refractivity contribution in [1.29, 1.82) is 0 Å². The number of methoxy groups -OCH3 is 1. The van der Waals surface area contributed by atoms with Crippen molar-refractivity contribution < 1.29 is 14.3 Å². The zero-order valence-corrected chi connectivity index (χ0v) is 16.0. The van der Waals surface area contributed by atoms with Crippen molar-refractivity contribution in [2.75, 3.05) is 29.6 Å². The zero-order valence-electron chi connectivity index (χ0n) is 15.2. The summed E-state index contributed by atoms with van der Waals surface area (Å²) in [5.41, 5.74) is 1.51. The predicted octanol–water partition coefficient (Wildman–Crippen LogP) is 3.96. The van der Waals surface area contributed by atoms with Gasteiger partial charge < -0.3 is 15.0 Å². The van der Waals surface area contributed by atoms with E-state index in [1.54, 1.807) is 29.8 Å². The van der Waals surface area contributed by atoms with Crippen LogP contribution in [0.2, 0.25) is 0 Å². The highest BCUT2D eigenvalue weighted by Crippen LogP contribution is 2.30. The van der Waals surface area contributed by atoms with Crippen LogP contribution in [0.25, 0.3) is 0 Å². The van der Waals surface area contributed by atoms with E-state index in [-0.39, 0.29) is 24.2 Å². The van der Waals surface area contributed by atoms with Crippen molar-refractivity contribution >= 4 is 35.0 Å². The van der Waals surface area contributed by atoms with Gasteiger partial charge in [0.1, 0.15) is 5.75 Å². The molecule has 2 aromatic rings. The van der Waals surface area contributed by atoms with Gasteiger partial charge in [0.15, 0.2) is 0 Å². The van der Waals surface area contributed by atoms with Crippen LogP contribution < -0.4 is 15.0 Å². The van der Waals surface area contributed by atoms with E-state index in [1.165, 1.54) is 0 Å². The van der Waals surface area contributed by atoms with Gasteiger partial charge in [-0.05, 0) is 24.3 Å². The molecule has 3 rings (SSSR count). The summed E-state index contributed by atoms with van der Waals surface area (Å²) in [7, 11) is 1.59. The van der Waals surface area contributed by atoms with Gasteiger partial charge >= 0.3 is 0 Å². The molecule has 5 nitrogen and oxygen atoms in total. The highest BCUT2D eigenvalue weighted by atomic mass is 32.2. The van der Waals surface area contributed by atoms with Crippen LogP contribution in [0.15, 0.2) is 66.1 Å². The normalized spacial score (nSPS) is 16.3. The fraction of sp³-hybridized carbons (Fsp3) is 0.238. The van der Waals surface area contributed by atoms with E-state index in [0.717, 1.165) is 22.0 Å². The smallest absolute Gasteiger partial charge is 0.229 e. The molecule has 0 radical (unpaired) electrons. The average Bonchev–Trinajstić information content (AvgIpc) is 3.09. The van der Waals surface area contributed by atoms with Crippen LogP contribution in [0, 0.1) is 5.92 Å². The number of carbonyl (C=O) groups is 2. The van der Waals surface area contributed by atoms with Gasteiger partial charge in [-0.2, -0.15) is 0 Å². The van der Waals surface area contributed by atoms with Gasteiger partial charge in [-0.15, -0.1) is 18.3 Å². The SMILES string of the molecule is C=CCSc1ccccc1NC(=O)C1CC(=O)N(c2cccc(OC)c2)C1. The molecule has 6 heteroatoms. The first-order valence-electron chi connectivity index (χ1n) is 8.70. The second kappa shape index (κ2) is 8.77. The quantitative estimate of drug-likeness (QED) is 0.582. The van der Waals surface area contributed by atoms with E-state index >= 15 is 0 Å². The minimum absolute atomic E-state index is 0.0577. The molecule has 1 aliphatic rings. The minimum Gasteiger partial charge on any atom is -0.497 e. The van der Waals surface area contributed by atoms with Crippen LogP contribution in [0.1, 0.15) is 6.42 Å². The molecule has 2 aromatic carbocycles. The van der Waals surface area contributed by atoms with Crippen LogP contribution in [0.5, 0.6) is 5.75 Å². The Morgan fingerprint density at radius 1 is 1.33 bits per heavy atom. The van der Waals surface area contributed by atoms with Crippen molar-refractivity contribution in [2.24, 2.45) is 5.92 Å². The summed E-state index contributed by atoms with van der Waals surface area (Å²) < 4.78 is 5.22. The summed E-state index contributed by atoms with van der Waals surface area (Å²) in [5.74, 6) is 0.860. The minimum atomic E-state index is -0.388. The number of para-hydroxylation sites is 1. The third-order valence-corrected chi connectivity index (χ3v) is 5.43. The first-order chi connectivity index (χ1) is 13.1. The summed E-state index contributed by atoms with van der Waals surface area (Å²) in [6.07, 6.45) is 2.02. The number of thioether (sulfide) groups is 1. The lowest BCUT2D eigenvalue weighted by Gasteiger charge is -2.18. The third kappa shape index (κ3) is 4.52. The number of benzene rings is 2. The molecule has 1 unspecified atom stereocenters. The molecule has 2 amide bonds. The maximum atomic E-state index is 12.7. The Morgan fingerprint density at radius 2 is 2.15 bits per heavy atom. The number of hydrogen-bond acceptors (Lipinski definition) is 4. The second-order valence-electron chi connectivity index (χ2n) is 6.19. The first kappa shape index (κ1) is 19.0. The van der Waals surface area contributed by atoms with Crippen molar-refractivity contribution in [3.05, 3.63) is 61.2 Å². The van der Waals surface area contributed by atoms with E-state index in [0.29, 0.717) is 12.3 Å². The Labute approximate surface area is 163 Å². The number of amides is 2. The zero-order chi connectivity index (χ0) is 19.2. The molecule has 0 aromatic heterocycles. The van der Waals surface area contributed by atoms with E-state index in [2.05, 4.69) is 11.9 Å². The van der Waals surface area contributed by atoms with Crippen LogP contribution in [-0.2, 0) is 9.59 Å².